The molecular weight excluding hydrogens is 217 g/mol. The van der Waals surface area contributed by atoms with Crippen LogP contribution in [0.25, 0.3) is 0 Å². The minimum atomic E-state index is -0.342. The topological polar surface area (TPSA) is 21.7 Å². The molecule has 0 bridgehead atoms. The third kappa shape index (κ3) is 1.77. The maximum atomic E-state index is 13.3. The third-order valence-corrected chi connectivity index (χ3v) is 2.76. The Kier molecular flexibility index (Phi) is 2.75. The second-order valence-corrected chi connectivity index (χ2v) is 3.89. The Labute approximate surface area is 93.2 Å². The van der Waals surface area contributed by atoms with Crippen molar-refractivity contribution >= 4 is 18.3 Å². The van der Waals surface area contributed by atoms with E-state index >= 15 is 0 Å². The van der Waals surface area contributed by atoms with Crippen molar-refractivity contribution in [2.75, 3.05) is 25.7 Å². The van der Waals surface area contributed by atoms with Gasteiger partial charge in [0, 0.05) is 25.1 Å². The van der Waals surface area contributed by atoms with Gasteiger partial charge in [0.25, 0.3) is 0 Å². The Bertz CT molecular complexity index is 386. The monoisotopic (exact) mass is 229 g/mol. The first-order valence-corrected chi connectivity index (χ1v) is 4.99. The molecule has 0 fully saturated rings. The van der Waals surface area contributed by atoms with E-state index in [1.165, 1.54) is 6.07 Å². The summed E-state index contributed by atoms with van der Waals surface area (Å²) in [6.07, 6.45) is -0.195. The van der Waals surface area contributed by atoms with E-state index in [1.807, 2.05) is 11.9 Å². The molecule has 15 heavy (non-hydrogen) atoms. The highest BCUT2D eigenvalue weighted by atomic mass is 32.1. The van der Waals surface area contributed by atoms with Crippen molar-refractivity contribution < 1.29 is 13.9 Å². The summed E-state index contributed by atoms with van der Waals surface area (Å²) in [5.41, 5.74) is 0.729. The number of methoxy groups -OCH3 is 1. The lowest BCUT2D eigenvalue weighted by molar-refractivity contribution is 0.0939. The fourth-order valence-corrected chi connectivity index (χ4v) is 1.75. The van der Waals surface area contributed by atoms with Gasteiger partial charge in [0.1, 0.15) is 18.2 Å². The van der Waals surface area contributed by atoms with E-state index < -0.39 is 0 Å². The molecule has 0 radical (unpaired) electrons. The lowest BCUT2D eigenvalue weighted by atomic mass is 10.3. The van der Waals surface area contributed by atoms with Crippen LogP contribution >= 0.6 is 12.6 Å². The van der Waals surface area contributed by atoms with Crippen LogP contribution in [-0.2, 0) is 4.74 Å². The summed E-state index contributed by atoms with van der Waals surface area (Å²) in [4.78, 5) is 2.13. The van der Waals surface area contributed by atoms with Crippen LogP contribution in [0.4, 0.5) is 10.1 Å². The van der Waals surface area contributed by atoms with Crippen molar-refractivity contribution in [1.29, 1.82) is 0 Å². The van der Waals surface area contributed by atoms with Crippen LogP contribution in [0, 0.1) is 5.82 Å². The number of anilines is 1. The second kappa shape index (κ2) is 3.90. The lowest BCUT2D eigenvalue weighted by Crippen LogP contribution is -2.34. The molecule has 1 aromatic rings. The van der Waals surface area contributed by atoms with Gasteiger partial charge in [0.2, 0.25) is 0 Å². The normalized spacial score (nSPS) is 18.9. The summed E-state index contributed by atoms with van der Waals surface area (Å²) in [5.74, 6) is 0.302. The first-order chi connectivity index (χ1) is 7.13. The first kappa shape index (κ1) is 10.6. The van der Waals surface area contributed by atoms with E-state index in [0.717, 1.165) is 5.69 Å². The SMILES string of the molecule is COCC1Oc2cc(S)c(F)cc2N1C. The van der Waals surface area contributed by atoms with E-state index in [0.29, 0.717) is 17.3 Å². The molecule has 1 heterocycles. The van der Waals surface area contributed by atoms with E-state index in [4.69, 9.17) is 9.47 Å². The zero-order valence-electron chi connectivity index (χ0n) is 8.53. The Morgan fingerprint density at radius 3 is 3.00 bits per heavy atom. The van der Waals surface area contributed by atoms with Gasteiger partial charge >= 0.3 is 0 Å². The Balaban J connectivity index is 2.33. The predicted molar refractivity (Wildman–Crippen MR) is 58.3 cm³/mol. The minimum Gasteiger partial charge on any atom is -0.466 e. The van der Waals surface area contributed by atoms with Crippen molar-refractivity contribution in [2.24, 2.45) is 0 Å². The molecule has 1 aliphatic heterocycles. The van der Waals surface area contributed by atoms with Crippen molar-refractivity contribution in [3.05, 3.63) is 17.9 Å². The Morgan fingerprint density at radius 1 is 1.60 bits per heavy atom. The molecule has 1 unspecified atom stereocenters. The van der Waals surface area contributed by atoms with Crippen molar-refractivity contribution in [3.63, 3.8) is 0 Å². The lowest BCUT2D eigenvalue weighted by Gasteiger charge is -2.19. The molecule has 0 amide bonds. The van der Waals surface area contributed by atoms with Crippen molar-refractivity contribution in [1.82, 2.24) is 0 Å². The number of hydrogen-bond donors (Lipinski definition) is 1. The number of benzene rings is 1. The van der Waals surface area contributed by atoms with Crippen LogP contribution in [0.15, 0.2) is 17.0 Å². The molecule has 0 N–H and O–H groups in total. The summed E-state index contributed by atoms with van der Waals surface area (Å²) in [6.45, 7) is 0.439. The molecule has 0 spiro atoms. The van der Waals surface area contributed by atoms with Gasteiger partial charge in [-0.05, 0) is 6.07 Å². The zero-order valence-corrected chi connectivity index (χ0v) is 9.42. The highest BCUT2D eigenvalue weighted by Crippen LogP contribution is 2.38. The van der Waals surface area contributed by atoms with Gasteiger partial charge in [-0.1, -0.05) is 0 Å². The Morgan fingerprint density at radius 2 is 2.33 bits per heavy atom. The van der Waals surface area contributed by atoms with Crippen LogP contribution in [0.3, 0.4) is 0 Å². The molecule has 3 nitrogen and oxygen atoms in total. The highest BCUT2D eigenvalue weighted by molar-refractivity contribution is 7.80. The summed E-state index contributed by atoms with van der Waals surface area (Å²) >= 11 is 4.00. The quantitative estimate of drug-likeness (QED) is 0.783. The molecule has 0 aliphatic carbocycles. The summed E-state index contributed by atoms with van der Waals surface area (Å²) in [6, 6.07) is 3.01. The van der Waals surface area contributed by atoms with Crippen LogP contribution in [0.5, 0.6) is 5.75 Å². The number of hydrogen-bond acceptors (Lipinski definition) is 4. The molecule has 0 saturated carbocycles. The fourth-order valence-electron chi connectivity index (χ4n) is 1.57. The number of rotatable bonds is 2. The third-order valence-electron chi connectivity index (χ3n) is 2.41. The van der Waals surface area contributed by atoms with Crippen molar-refractivity contribution in [2.45, 2.75) is 11.1 Å². The Hall–Kier alpha value is -0.940. The van der Waals surface area contributed by atoms with Gasteiger partial charge in [-0.2, -0.15) is 0 Å². The molecule has 1 atom stereocenters. The average Bonchev–Trinajstić information content (AvgIpc) is 2.47. The average molecular weight is 229 g/mol. The van der Waals surface area contributed by atoms with Crippen LogP contribution < -0.4 is 9.64 Å². The van der Waals surface area contributed by atoms with Gasteiger partial charge in [-0.3, -0.25) is 0 Å². The fraction of sp³-hybridized carbons (Fsp3) is 0.400. The van der Waals surface area contributed by atoms with E-state index in [1.54, 1.807) is 13.2 Å². The van der Waals surface area contributed by atoms with Crippen molar-refractivity contribution in [3.8, 4) is 5.75 Å². The summed E-state index contributed by atoms with van der Waals surface area (Å²) in [7, 11) is 3.44. The number of ether oxygens (including phenoxy) is 2. The highest BCUT2D eigenvalue weighted by Gasteiger charge is 2.28. The maximum Gasteiger partial charge on any atom is 0.195 e. The number of nitrogens with zero attached hydrogens (tertiary/aromatic N) is 1. The molecular formula is C10H12FNO2S. The number of fused-ring (bicyclic) bond motifs is 1. The standard InChI is InChI=1S/C10H12FNO2S/c1-12-7-3-6(11)9(15)4-8(7)14-10(12)5-13-2/h3-4,10,15H,5H2,1-2H3. The maximum absolute atomic E-state index is 13.3. The van der Waals surface area contributed by atoms with Crippen LogP contribution in [-0.4, -0.2) is 27.0 Å². The van der Waals surface area contributed by atoms with E-state index in [-0.39, 0.29) is 12.0 Å². The van der Waals surface area contributed by atoms with E-state index in [2.05, 4.69) is 12.6 Å². The van der Waals surface area contributed by atoms with Gasteiger partial charge < -0.3 is 14.4 Å². The van der Waals surface area contributed by atoms with Gasteiger partial charge in [-0.25, -0.2) is 4.39 Å². The second-order valence-electron chi connectivity index (χ2n) is 3.41. The smallest absolute Gasteiger partial charge is 0.195 e. The number of halogens is 1. The first-order valence-electron chi connectivity index (χ1n) is 4.54. The molecule has 1 aromatic carbocycles. The van der Waals surface area contributed by atoms with Gasteiger partial charge in [0.15, 0.2) is 6.23 Å². The summed E-state index contributed by atoms with van der Waals surface area (Å²) < 4.78 is 23.9. The molecule has 1 aliphatic rings. The number of likely N-dealkylation sites (N-methyl/N-ethyl adjacent to an activating group) is 1. The van der Waals surface area contributed by atoms with E-state index in [9.17, 15) is 4.39 Å². The predicted octanol–water partition coefficient (Wildman–Crippen LogP) is 1.92. The molecule has 5 heteroatoms. The largest absolute Gasteiger partial charge is 0.466 e. The number of thiol groups is 1. The van der Waals surface area contributed by atoms with Gasteiger partial charge in [-0.15, -0.1) is 12.6 Å². The molecule has 0 aromatic heterocycles. The van der Waals surface area contributed by atoms with Gasteiger partial charge in [0.05, 0.1) is 5.69 Å². The molecule has 82 valence electrons. The molecule has 0 saturated heterocycles. The zero-order chi connectivity index (χ0) is 11.0. The van der Waals surface area contributed by atoms with Crippen LogP contribution in [0.1, 0.15) is 0 Å². The molecule has 2 rings (SSSR count). The van der Waals surface area contributed by atoms with Crippen LogP contribution in [0.2, 0.25) is 0 Å². The summed E-state index contributed by atoms with van der Waals surface area (Å²) in [5, 5.41) is 0. The minimum absolute atomic E-state index is 0.195.